The maximum absolute atomic E-state index is 11.7. The van der Waals surface area contributed by atoms with Crippen molar-refractivity contribution in [2.24, 2.45) is 0 Å². The quantitative estimate of drug-likeness (QED) is 0.786. The Hall–Kier alpha value is -1.04. The smallest absolute Gasteiger partial charge is 0.230 e. The first-order valence-corrected chi connectivity index (χ1v) is 8.02. The first kappa shape index (κ1) is 14.4. The van der Waals surface area contributed by atoms with E-state index in [0.29, 0.717) is 16.8 Å². The lowest BCUT2D eigenvalue weighted by Crippen LogP contribution is -2.33. The second-order valence-electron chi connectivity index (χ2n) is 5.15. The molecule has 0 spiro atoms. The van der Waals surface area contributed by atoms with Crippen LogP contribution in [0.2, 0.25) is 0 Å². The zero-order chi connectivity index (χ0) is 13.7. The van der Waals surface area contributed by atoms with E-state index >= 15 is 0 Å². The Kier molecular flexibility index (Phi) is 5.24. The third kappa shape index (κ3) is 4.23. The van der Waals surface area contributed by atoms with Gasteiger partial charge in [-0.15, -0.1) is 5.10 Å². The van der Waals surface area contributed by atoms with E-state index in [4.69, 9.17) is 0 Å². The van der Waals surface area contributed by atoms with E-state index in [1.807, 2.05) is 6.92 Å². The minimum atomic E-state index is 0.0477. The van der Waals surface area contributed by atoms with Crippen LogP contribution in [0, 0.1) is 0 Å². The molecular formula is C13H22N4OS. The molecule has 1 aromatic rings. The van der Waals surface area contributed by atoms with Gasteiger partial charge in [-0.25, -0.2) is 4.98 Å². The number of hydrogen-bond acceptors (Lipinski definition) is 4. The van der Waals surface area contributed by atoms with Crippen LogP contribution in [0.15, 0.2) is 5.16 Å². The zero-order valence-electron chi connectivity index (χ0n) is 11.6. The third-order valence-corrected chi connectivity index (χ3v) is 4.42. The van der Waals surface area contributed by atoms with Gasteiger partial charge in [0.25, 0.3) is 0 Å². The van der Waals surface area contributed by atoms with Crippen LogP contribution in [0.4, 0.5) is 0 Å². The van der Waals surface area contributed by atoms with Crippen LogP contribution in [-0.2, 0) is 4.79 Å². The number of nitrogens with one attached hydrogen (secondary N) is 2. The molecule has 2 rings (SSSR count). The number of thioether (sulfide) groups is 1. The van der Waals surface area contributed by atoms with Gasteiger partial charge in [0.15, 0.2) is 0 Å². The topological polar surface area (TPSA) is 70.7 Å². The van der Waals surface area contributed by atoms with E-state index in [0.717, 1.165) is 12.2 Å². The summed E-state index contributed by atoms with van der Waals surface area (Å²) in [6, 6.07) is 0.231. The third-order valence-electron chi connectivity index (χ3n) is 3.58. The number of carbonyl (C=O) groups excluding carboxylic acids is 1. The van der Waals surface area contributed by atoms with Crippen LogP contribution in [0.25, 0.3) is 0 Å². The number of amides is 1. The van der Waals surface area contributed by atoms with Crippen molar-refractivity contribution in [1.29, 1.82) is 0 Å². The Bertz CT molecular complexity index is 415. The molecule has 2 N–H and O–H groups in total. The highest BCUT2D eigenvalue weighted by atomic mass is 32.2. The van der Waals surface area contributed by atoms with Crippen molar-refractivity contribution in [1.82, 2.24) is 20.5 Å². The lowest BCUT2D eigenvalue weighted by molar-refractivity contribution is -0.119. The summed E-state index contributed by atoms with van der Waals surface area (Å²) in [6.45, 7) is 4.06. The molecule has 6 heteroatoms. The molecule has 1 heterocycles. The van der Waals surface area contributed by atoms with Gasteiger partial charge in [-0.05, 0) is 26.2 Å². The number of aromatic nitrogens is 3. The average molecular weight is 282 g/mol. The van der Waals surface area contributed by atoms with E-state index in [9.17, 15) is 4.79 Å². The van der Waals surface area contributed by atoms with Crippen molar-refractivity contribution in [3.05, 3.63) is 5.82 Å². The molecule has 1 aliphatic carbocycles. The van der Waals surface area contributed by atoms with Gasteiger partial charge in [0.1, 0.15) is 5.82 Å². The van der Waals surface area contributed by atoms with Crippen molar-refractivity contribution in [2.75, 3.05) is 5.75 Å². The molecule has 1 unspecified atom stereocenters. The minimum absolute atomic E-state index is 0.0477. The normalized spacial score (nSPS) is 17.6. The first-order valence-electron chi connectivity index (χ1n) is 7.03. The molecular weight excluding hydrogens is 260 g/mol. The second-order valence-corrected chi connectivity index (χ2v) is 6.09. The summed E-state index contributed by atoms with van der Waals surface area (Å²) >= 11 is 1.40. The van der Waals surface area contributed by atoms with Crippen LogP contribution in [0.1, 0.15) is 57.7 Å². The predicted octanol–water partition coefficient (Wildman–Crippen LogP) is 2.47. The number of hydrogen-bond donors (Lipinski definition) is 2. The van der Waals surface area contributed by atoms with Crippen LogP contribution < -0.4 is 5.32 Å². The van der Waals surface area contributed by atoms with E-state index in [1.54, 1.807) is 0 Å². The largest absolute Gasteiger partial charge is 0.353 e. The molecule has 5 nitrogen and oxygen atoms in total. The van der Waals surface area contributed by atoms with Gasteiger partial charge in [0.05, 0.1) is 5.75 Å². The van der Waals surface area contributed by atoms with Crippen LogP contribution in [-0.4, -0.2) is 32.9 Å². The Labute approximate surface area is 118 Å². The summed E-state index contributed by atoms with van der Waals surface area (Å²) in [5.74, 6) is 1.96. The number of aromatic amines is 1. The fourth-order valence-corrected chi connectivity index (χ4v) is 2.87. The molecule has 1 saturated carbocycles. The molecule has 0 bridgehead atoms. The lowest BCUT2D eigenvalue weighted by Gasteiger charge is -2.09. The monoisotopic (exact) mass is 282 g/mol. The molecule has 0 radical (unpaired) electrons. The second kappa shape index (κ2) is 6.93. The SMILES string of the molecule is CCC(C)NC(=O)CSc1n[nH]c(C2CCCC2)n1. The molecule has 1 aliphatic rings. The number of carbonyl (C=O) groups is 1. The van der Waals surface area contributed by atoms with E-state index in [-0.39, 0.29) is 11.9 Å². The van der Waals surface area contributed by atoms with Gasteiger partial charge >= 0.3 is 0 Å². The van der Waals surface area contributed by atoms with Crippen molar-refractivity contribution in [3.63, 3.8) is 0 Å². The van der Waals surface area contributed by atoms with E-state index in [1.165, 1.54) is 37.4 Å². The zero-order valence-corrected chi connectivity index (χ0v) is 12.4. The standard InChI is InChI=1S/C13H22N4OS/c1-3-9(2)14-11(18)8-19-13-15-12(16-17-13)10-6-4-5-7-10/h9-10H,3-8H2,1-2H3,(H,14,18)(H,15,16,17). The summed E-state index contributed by atoms with van der Waals surface area (Å²) in [5.41, 5.74) is 0. The van der Waals surface area contributed by atoms with Gasteiger partial charge in [-0.3, -0.25) is 9.89 Å². The molecule has 19 heavy (non-hydrogen) atoms. The minimum Gasteiger partial charge on any atom is -0.353 e. The van der Waals surface area contributed by atoms with Crippen molar-refractivity contribution in [3.8, 4) is 0 Å². The van der Waals surface area contributed by atoms with Crippen LogP contribution >= 0.6 is 11.8 Å². The average Bonchev–Trinajstić information content (AvgIpc) is 3.06. The van der Waals surface area contributed by atoms with Gasteiger partial charge in [0.2, 0.25) is 11.1 Å². The molecule has 1 aromatic heterocycles. The van der Waals surface area contributed by atoms with Gasteiger partial charge < -0.3 is 5.32 Å². The van der Waals surface area contributed by atoms with Gasteiger partial charge in [-0.2, -0.15) is 0 Å². The highest BCUT2D eigenvalue weighted by Gasteiger charge is 2.20. The maximum Gasteiger partial charge on any atom is 0.230 e. The first-order chi connectivity index (χ1) is 9.19. The number of H-pyrrole nitrogens is 1. The summed E-state index contributed by atoms with van der Waals surface area (Å²) in [5, 5.41) is 10.8. The number of rotatable bonds is 6. The fourth-order valence-electron chi connectivity index (χ4n) is 2.25. The molecule has 1 amide bonds. The van der Waals surface area contributed by atoms with Gasteiger partial charge in [0, 0.05) is 12.0 Å². The number of nitrogens with zero attached hydrogens (tertiary/aromatic N) is 2. The molecule has 0 aromatic carbocycles. The Morgan fingerprint density at radius 1 is 1.53 bits per heavy atom. The summed E-state index contributed by atoms with van der Waals surface area (Å²) in [6.07, 6.45) is 5.92. The van der Waals surface area contributed by atoms with Crippen molar-refractivity contribution < 1.29 is 4.79 Å². The van der Waals surface area contributed by atoms with Crippen molar-refractivity contribution in [2.45, 2.75) is 63.1 Å². The maximum atomic E-state index is 11.7. The Morgan fingerprint density at radius 2 is 2.26 bits per heavy atom. The van der Waals surface area contributed by atoms with Gasteiger partial charge in [-0.1, -0.05) is 31.5 Å². The molecule has 1 atom stereocenters. The summed E-state index contributed by atoms with van der Waals surface area (Å²) < 4.78 is 0. The summed E-state index contributed by atoms with van der Waals surface area (Å²) in [4.78, 5) is 16.1. The summed E-state index contributed by atoms with van der Waals surface area (Å²) in [7, 11) is 0. The van der Waals surface area contributed by atoms with E-state index < -0.39 is 0 Å². The van der Waals surface area contributed by atoms with Crippen LogP contribution in [0.5, 0.6) is 0 Å². The Balaban J connectivity index is 1.78. The lowest BCUT2D eigenvalue weighted by atomic mass is 10.1. The highest BCUT2D eigenvalue weighted by molar-refractivity contribution is 7.99. The predicted molar refractivity (Wildman–Crippen MR) is 76.2 cm³/mol. The van der Waals surface area contributed by atoms with Crippen LogP contribution in [0.3, 0.4) is 0 Å². The van der Waals surface area contributed by atoms with Crippen molar-refractivity contribution >= 4 is 17.7 Å². The Morgan fingerprint density at radius 3 is 2.95 bits per heavy atom. The molecule has 106 valence electrons. The fraction of sp³-hybridized carbons (Fsp3) is 0.769. The molecule has 0 aliphatic heterocycles. The molecule has 0 saturated heterocycles. The highest BCUT2D eigenvalue weighted by Crippen LogP contribution is 2.32. The van der Waals surface area contributed by atoms with E-state index in [2.05, 4.69) is 27.4 Å². The molecule has 1 fully saturated rings.